The molecule has 1 aromatic heterocycles. The Morgan fingerprint density at radius 2 is 1.74 bits per heavy atom. The van der Waals surface area contributed by atoms with Gasteiger partial charge in [-0.3, -0.25) is 28.8 Å². The summed E-state index contributed by atoms with van der Waals surface area (Å²) in [5.41, 5.74) is 0.678. The third kappa shape index (κ3) is 9.26. The number of rotatable bonds is 7. The van der Waals surface area contributed by atoms with Gasteiger partial charge in [0.2, 0.25) is 29.5 Å². The van der Waals surface area contributed by atoms with Crippen LogP contribution in [0, 0.1) is 5.92 Å². The van der Waals surface area contributed by atoms with E-state index < -0.39 is 71.7 Å². The van der Waals surface area contributed by atoms with Crippen molar-refractivity contribution in [2.75, 3.05) is 18.6 Å². The average Bonchev–Trinajstić information content (AvgIpc) is 3.67. The number of nitrogens with one attached hydrogen (secondary N) is 5. The standard InChI is InChI=1S/C32H41ClN6O6S2/c1-17(2)26-32(45)39-16-20(35-31(44)27-21(33)10-13-47-27)14-24(39)30(43)34-18(3)28(41)37-23(19-8-6-5-7-9-19)15-25(40)36-22(11-12-46-4)29(42)38-26/h5-10,13,17-18,20,22-24,26H,11-12,14-16H2,1-4H3,(H,34,43)(H,35,44)(H,36,40)(H,37,41)(H,38,42)/t18-,20-,22-,23-,24-,26-/m0/s1. The topological polar surface area (TPSA) is 166 Å². The van der Waals surface area contributed by atoms with Crippen LogP contribution >= 0.6 is 34.7 Å². The Balaban J connectivity index is 1.68. The molecule has 0 bridgehead atoms. The smallest absolute Gasteiger partial charge is 0.263 e. The molecule has 2 aliphatic heterocycles. The van der Waals surface area contributed by atoms with Crippen molar-refractivity contribution in [2.24, 2.45) is 5.92 Å². The Bertz CT molecular complexity index is 1470. The highest BCUT2D eigenvalue weighted by Crippen LogP contribution is 2.25. The summed E-state index contributed by atoms with van der Waals surface area (Å²) in [6.07, 6.45) is 2.12. The molecule has 0 aliphatic carbocycles. The highest BCUT2D eigenvalue weighted by Gasteiger charge is 2.44. The van der Waals surface area contributed by atoms with Gasteiger partial charge < -0.3 is 31.5 Å². The minimum atomic E-state index is -1.04. The van der Waals surface area contributed by atoms with Crippen LogP contribution in [-0.4, -0.2) is 89.1 Å². The van der Waals surface area contributed by atoms with E-state index in [0.717, 1.165) is 0 Å². The first-order valence-corrected chi connectivity index (χ1v) is 18.1. The van der Waals surface area contributed by atoms with Crippen LogP contribution in [0.3, 0.4) is 0 Å². The molecule has 3 heterocycles. The lowest BCUT2D eigenvalue weighted by Gasteiger charge is -2.32. The number of nitrogens with zero attached hydrogens (tertiary/aromatic N) is 1. The Morgan fingerprint density at radius 1 is 1.02 bits per heavy atom. The molecule has 254 valence electrons. The van der Waals surface area contributed by atoms with E-state index in [2.05, 4.69) is 26.6 Å². The lowest BCUT2D eigenvalue weighted by Crippen LogP contribution is -2.59. The maximum absolute atomic E-state index is 14.1. The molecule has 2 fully saturated rings. The molecule has 47 heavy (non-hydrogen) atoms. The van der Waals surface area contributed by atoms with Crippen molar-refractivity contribution in [3.8, 4) is 0 Å². The zero-order chi connectivity index (χ0) is 34.2. The van der Waals surface area contributed by atoms with Gasteiger partial charge in [0, 0.05) is 12.6 Å². The Morgan fingerprint density at radius 3 is 2.38 bits per heavy atom. The zero-order valence-corrected chi connectivity index (χ0v) is 29.1. The highest BCUT2D eigenvalue weighted by atomic mass is 35.5. The van der Waals surface area contributed by atoms with E-state index >= 15 is 0 Å². The summed E-state index contributed by atoms with van der Waals surface area (Å²) in [4.78, 5) is 82.9. The van der Waals surface area contributed by atoms with Crippen LogP contribution in [0.2, 0.25) is 5.02 Å². The van der Waals surface area contributed by atoms with Crippen molar-refractivity contribution in [1.82, 2.24) is 31.5 Å². The molecular weight excluding hydrogens is 664 g/mol. The average molecular weight is 705 g/mol. The van der Waals surface area contributed by atoms with E-state index in [-0.39, 0.29) is 25.3 Å². The van der Waals surface area contributed by atoms with Crippen LogP contribution in [0.4, 0.5) is 0 Å². The molecule has 2 saturated heterocycles. The summed E-state index contributed by atoms with van der Waals surface area (Å²) in [6.45, 7) is 5.06. The van der Waals surface area contributed by atoms with E-state index in [1.165, 1.54) is 34.9 Å². The van der Waals surface area contributed by atoms with E-state index in [0.29, 0.717) is 27.6 Å². The third-order valence-electron chi connectivity index (χ3n) is 8.20. The molecule has 0 spiro atoms. The van der Waals surface area contributed by atoms with E-state index in [4.69, 9.17) is 11.6 Å². The molecule has 4 rings (SSSR count). The van der Waals surface area contributed by atoms with Gasteiger partial charge in [-0.2, -0.15) is 11.8 Å². The van der Waals surface area contributed by atoms with Crippen LogP contribution in [0.25, 0.3) is 0 Å². The number of amides is 6. The molecule has 2 aliphatic rings. The van der Waals surface area contributed by atoms with Gasteiger partial charge in [-0.15, -0.1) is 11.3 Å². The predicted octanol–water partition coefficient (Wildman–Crippen LogP) is 2.25. The quantitative estimate of drug-likeness (QED) is 0.295. The number of halogens is 1. The van der Waals surface area contributed by atoms with Gasteiger partial charge in [0.25, 0.3) is 5.91 Å². The second kappa shape index (κ2) is 16.5. The number of fused-ring (bicyclic) bond motifs is 1. The van der Waals surface area contributed by atoms with Crippen molar-refractivity contribution in [3.63, 3.8) is 0 Å². The predicted molar refractivity (Wildman–Crippen MR) is 182 cm³/mol. The summed E-state index contributed by atoms with van der Waals surface area (Å²) in [5, 5.41) is 16.1. The fraction of sp³-hybridized carbons (Fsp3) is 0.500. The molecule has 0 saturated carbocycles. The number of hydrogen-bond donors (Lipinski definition) is 5. The molecule has 15 heteroatoms. The molecule has 5 N–H and O–H groups in total. The van der Waals surface area contributed by atoms with Gasteiger partial charge in [-0.05, 0) is 54.7 Å². The van der Waals surface area contributed by atoms with Crippen LogP contribution < -0.4 is 26.6 Å². The van der Waals surface area contributed by atoms with Crippen LogP contribution in [-0.2, 0) is 24.0 Å². The number of carbonyl (C=O) groups is 6. The number of carbonyl (C=O) groups excluding carboxylic acids is 6. The second-order valence-corrected chi connectivity index (χ2v) is 14.4. The van der Waals surface area contributed by atoms with Crippen LogP contribution in [0.1, 0.15) is 61.3 Å². The number of benzene rings is 1. The van der Waals surface area contributed by atoms with E-state index in [9.17, 15) is 28.8 Å². The van der Waals surface area contributed by atoms with E-state index in [1.54, 1.807) is 49.6 Å². The first-order chi connectivity index (χ1) is 22.4. The Labute approximate surface area is 287 Å². The Hall–Kier alpha value is -3.62. The lowest BCUT2D eigenvalue weighted by molar-refractivity contribution is -0.143. The monoisotopic (exact) mass is 704 g/mol. The minimum Gasteiger partial charge on any atom is -0.347 e. The van der Waals surface area contributed by atoms with Crippen LogP contribution in [0.15, 0.2) is 41.8 Å². The van der Waals surface area contributed by atoms with Gasteiger partial charge in [0.1, 0.15) is 29.0 Å². The maximum Gasteiger partial charge on any atom is 0.263 e. The molecule has 0 unspecified atom stereocenters. The molecule has 1 aromatic carbocycles. The summed E-state index contributed by atoms with van der Waals surface area (Å²) in [6, 6.07) is 5.20. The van der Waals surface area contributed by atoms with Crippen molar-refractivity contribution in [2.45, 2.75) is 76.3 Å². The fourth-order valence-electron chi connectivity index (χ4n) is 5.64. The van der Waals surface area contributed by atoms with Crippen molar-refractivity contribution >= 4 is 70.1 Å². The lowest BCUT2D eigenvalue weighted by atomic mass is 10.0. The molecule has 6 amide bonds. The van der Waals surface area contributed by atoms with Crippen molar-refractivity contribution < 1.29 is 28.8 Å². The molecule has 6 atom stereocenters. The molecule has 12 nitrogen and oxygen atoms in total. The normalized spacial score (nSPS) is 26.3. The van der Waals surface area contributed by atoms with Crippen LogP contribution in [0.5, 0.6) is 0 Å². The highest BCUT2D eigenvalue weighted by molar-refractivity contribution is 7.98. The number of thiophene rings is 1. The molecule has 2 aromatic rings. The van der Waals surface area contributed by atoms with Gasteiger partial charge in [0.15, 0.2) is 0 Å². The summed E-state index contributed by atoms with van der Waals surface area (Å²) in [7, 11) is 0. The minimum absolute atomic E-state index is 0.00591. The number of hydrogen-bond acceptors (Lipinski definition) is 8. The maximum atomic E-state index is 14.1. The van der Waals surface area contributed by atoms with Gasteiger partial charge in [-0.25, -0.2) is 0 Å². The van der Waals surface area contributed by atoms with Gasteiger partial charge in [0.05, 0.1) is 17.5 Å². The fourth-order valence-corrected chi connectivity index (χ4v) is 7.15. The van der Waals surface area contributed by atoms with E-state index in [1.807, 2.05) is 12.3 Å². The molecule has 0 radical (unpaired) electrons. The van der Waals surface area contributed by atoms with Crippen molar-refractivity contribution in [1.29, 1.82) is 0 Å². The molecular formula is C32H41ClN6O6S2. The summed E-state index contributed by atoms with van der Waals surface area (Å²) in [5.74, 6) is -2.85. The summed E-state index contributed by atoms with van der Waals surface area (Å²) >= 11 is 8.85. The van der Waals surface area contributed by atoms with Gasteiger partial charge >= 0.3 is 0 Å². The Kier molecular flexibility index (Phi) is 12.7. The first-order valence-electron chi connectivity index (χ1n) is 15.5. The SMILES string of the molecule is CSCC[C@@H]1NC(=O)C[C@@H](c2ccccc2)NC(=O)[C@H](C)NC(=O)[C@@H]2C[C@H](NC(=O)c3sccc3Cl)CN2C(=O)[C@H](C(C)C)NC1=O. The van der Waals surface area contributed by atoms with Crippen molar-refractivity contribution in [3.05, 3.63) is 57.2 Å². The zero-order valence-electron chi connectivity index (χ0n) is 26.7. The number of thioether (sulfide) groups is 1. The first kappa shape index (κ1) is 36.2. The summed E-state index contributed by atoms with van der Waals surface area (Å²) < 4.78 is 0. The second-order valence-electron chi connectivity index (χ2n) is 12.0. The largest absolute Gasteiger partial charge is 0.347 e. The van der Waals surface area contributed by atoms with Gasteiger partial charge in [-0.1, -0.05) is 55.8 Å². The third-order valence-corrected chi connectivity index (χ3v) is 10.2.